The van der Waals surface area contributed by atoms with Gasteiger partial charge >= 0.3 is 0 Å². The third-order valence-electron chi connectivity index (χ3n) is 4.01. The van der Waals surface area contributed by atoms with Crippen molar-refractivity contribution >= 4 is 5.91 Å². The Bertz CT molecular complexity index is 238. The number of amides is 1. The van der Waals surface area contributed by atoms with E-state index in [0.717, 1.165) is 13.0 Å². The molecule has 1 amide bonds. The van der Waals surface area contributed by atoms with Crippen molar-refractivity contribution in [3.63, 3.8) is 0 Å². The van der Waals surface area contributed by atoms with Crippen molar-refractivity contribution in [2.75, 3.05) is 6.54 Å². The summed E-state index contributed by atoms with van der Waals surface area (Å²) in [6, 6.07) is 0. The first-order chi connectivity index (χ1) is 10.3. The van der Waals surface area contributed by atoms with Gasteiger partial charge in [-0.25, -0.2) is 0 Å². The number of unbranched alkanes of at least 4 members (excludes halogenated alkanes) is 13. The minimum absolute atomic E-state index is 0.0512. The predicted octanol–water partition coefficient (Wildman–Crippen LogP) is 5.77. The fraction of sp³-hybridized carbons (Fsp3) is 0.842. The van der Waals surface area contributed by atoms with Crippen LogP contribution in [0.4, 0.5) is 0 Å². The average Bonchev–Trinajstić information content (AvgIpc) is 2.50. The molecule has 21 heavy (non-hydrogen) atoms. The van der Waals surface area contributed by atoms with Gasteiger partial charge in [-0.3, -0.25) is 4.79 Å². The molecule has 0 rings (SSSR count). The summed E-state index contributed by atoms with van der Waals surface area (Å²) in [5.74, 6) is -0.0512. The van der Waals surface area contributed by atoms with E-state index in [-0.39, 0.29) is 5.91 Å². The predicted molar refractivity (Wildman–Crippen MR) is 93.5 cm³/mol. The van der Waals surface area contributed by atoms with Gasteiger partial charge in [0.05, 0.1) is 0 Å². The maximum absolute atomic E-state index is 10.9. The smallest absolute Gasteiger partial charge is 0.243 e. The molecule has 0 aromatic heterocycles. The molecule has 2 heteroatoms. The highest BCUT2D eigenvalue weighted by molar-refractivity contribution is 5.86. The van der Waals surface area contributed by atoms with Gasteiger partial charge in [0.15, 0.2) is 0 Å². The van der Waals surface area contributed by atoms with Crippen LogP contribution in [0.25, 0.3) is 0 Å². The largest absolute Gasteiger partial charge is 0.353 e. The molecule has 0 aliphatic heterocycles. The van der Waals surface area contributed by atoms with Crippen molar-refractivity contribution in [2.45, 2.75) is 96.8 Å². The van der Waals surface area contributed by atoms with Gasteiger partial charge in [-0.1, -0.05) is 97.0 Å². The normalized spacial score (nSPS) is 10.5. The highest BCUT2D eigenvalue weighted by Crippen LogP contribution is 2.12. The van der Waals surface area contributed by atoms with E-state index < -0.39 is 0 Å². The first-order valence-corrected chi connectivity index (χ1v) is 9.21. The molecule has 124 valence electrons. The number of hydrogen-bond donors (Lipinski definition) is 1. The maximum atomic E-state index is 10.9. The van der Waals surface area contributed by atoms with Crippen LogP contribution in [0.3, 0.4) is 0 Å². The zero-order valence-electron chi connectivity index (χ0n) is 14.3. The fourth-order valence-electron chi connectivity index (χ4n) is 2.60. The summed E-state index contributed by atoms with van der Waals surface area (Å²) in [4.78, 5) is 10.9. The lowest BCUT2D eigenvalue weighted by atomic mass is 10.0. The second kappa shape index (κ2) is 17.3. The number of carbonyl (C=O) groups is 1. The van der Waals surface area contributed by atoms with Crippen LogP contribution in [-0.4, -0.2) is 12.5 Å². The quantitative estimate of drug-likeness (QED) is 0.284. The van der Waals surface area contributed by atoms with E-state index in [0.29, 0.717) is 0 Å². The molecule has 0 fully saturated rings. The molecule has 0 saturated carbocycles. The van der Waals surface area contributed by atoms with Gasteiger partial charge in [0.2, 0.25) is 5.91 Å². The second-order valence-corrected chi connectivity index (χ2v) is 6.09. The second-order valence-electron chi connectivity index (χ2n) is 6.09. The number of carbonyl (C=O) groups excluding carboxylic acids is 1. The van der Waals surface area contributed by atoms with E-state index in [9.17, 15) is 4.79 Å². The minimum Gasteiger partial charge on any atom is -0.353 e. The Morgan fingerprint density at radius 2 is 1.14 bits per heavy atom. The Labute approximate surface area is 132 Å². The highest BCUT2D eigenvalue weighted by Gasteiger charge is 1.95. The van der Waals surface area contributed by atoms with Crippen molar-refractivity contribution in [1.29, 1.82) is 0 Å². The van der Waals surface area contributed by atoms with Gasteiger partial charge in [-0.15, -0.1) is 0 Å². The Kier molecular flexibility index (Phi) is 16.6. The monoisotopic (exact) mass is 295 g/mol. The summed E-state index contributed by atoms with van der Waals surface area (Å²) in [5.41, 5.74) is 0. The Morgan fingerprint density at radius 3 is 1.52 bits per heavy atom. The average molecular weight is 296 g/mol. The highest BCUT2D eigenvalue weighted by atomic mass is 16.1. The van der Waals surface area contributed by atoms with Crippen molar-refractivity contribution in [3.8, 4) is 0 Å². The zero-order chi connectivity index (χ0) is 15.6. The molecule has 0 aliphatic rings. The fourth-order valence-corrected chi connectivity index (χ4v) is 2.60. The minimum atomic E-state index is -0.0512. The standard InChI is InChI=1S/C19H37NO/c1-3-5-6-7-8-9-10-11-12-13-14-15-16-17-18-20-19(21)4-2/h4H,2-3,5-18H2,1H3,(H,20,21). The summed E-state index contributed by atoms with van der Waals surface area (Å²) >= 11 is 0. The van der Waals surface area contributed by atoms with Crippen LogP contribution in [0.15, 0.2) is 12.7 Å². The molecule has 1 N–H and O–H groups in total. The molecule has 0 aromatic rings. The first kappa shape index (κ1) is 20.2. The SMILES string of the molecule is C=CC(=O)NCCCCCCCCCCCCCCCC. The third kappa shape index (κ3) is 17.2. The van der Waals surface area contributed by atoms with Crippen LogP contribution in [0.2, 0.25) is 0 Å². The summed E-state index contributed by atoms with van der Waals surface area (Å²) < 4.78 is 0. The summed E-state index contributed by atoms with van der Waals surface area (Å²) in [6.07, 6.45) is 20.5. The van der Waals surface area contributed by atoms with E-state index >= 15 is 0 Å². The van der Waals surface area contributed by atoms with E-state index in [1.54, 1.807) is 0 Å². The van der Waals surface area contributed by atoms with Gasteiger partial charge in [0, 0.05) is 6.54 Å². The third-order valence-corrected chi connectivity index (χ3v) is 4.01. The Balaban J connectivity index is 2.99. The van der Waals surface area contributed by atoms with Crippen LogP contribution < -0.4 is 5.32 Å². The maximum Gasteiger partial charge on any atom is 0.243 e. The molecule has 0 aromatic carbocycles. The number of rotatable bonds is 16. The molecule has 2 nitrogen and oxygen atoms in total. The summed E-state index contributed by atoms with van der Waals surface area (Å²) in [6.45, 7) is 6.51. The number of nitrogens with one attached hydrogen (secondary N) is 1. The van der Waals surface area contributed by atoms with Gasteiger partial charge in [0.1, 0.15) is 0 Å². The molecule has 0 heterocycles. The van der Waals surface area contributed by atoms with E-state index in [1.807, 2.05) is 0 Å². The van der Waals surface area contributed by atoms with Crippen molar-refractivity contribution in [2.24, 2.45) is 0 Å². The van der Waals surface area contributed by atoms with Crippen molar-refractivity contribution < 1.29 is 4.79 Å². The lowest BCUT2D eigenvalue weighted by Crippen LogP contribution is -2.21. The van der Waals surface area contributed by atoms with Crippen LogP contribution in [0, 0.1) is 0 Å². The topological polar surface area (TPSA) is 29.1 Å². The lowest BCUT2D eigenvalue weighted by molar-refractivity contribution is -0.116. The molecule has 0 aliphatic carbocycles. The molecule has 0 unspecified atom stereocenters. The molecule has 0 spiro atoms. The van der Waals surface area contributed by atoms with Crippen molar-refractivity contribution in [1.82, 2.24) is 5.32 Å². The van der Waals surface area contributed by atoms with Crippen LogP contribution in [0.5, 0.6) is 0 Å². The van der Waals surface area contributed by atoms with Crippen LogP contribution in [-0.2, 0) is 4.79 Å². The Hall–Kier alpha value is -0.790. The summed E-state index contributed by atoms with van der Waals surface area (Å²) in [7, 11) is 0. The van der Waals surface area contributed by atoms with Gasteiger partial charge in [-0.05, 0) is 12.5 Å². The van der Waals surface area contributed by atoms with Gasteiger partial charge < -0.3 is 5.32 Å². The zero-order valence-corrected chi connectivity index (χ0v) is 14.3. The van der Waals surface area contributed by atoms with Gasteiger partial charge in [-0.2, -0.15) is 0 Å². The molecule has 0 atom stereocenters. The van der Waals surface area contributed by atoms with E-state index in [1.165, 1.54) is 89.5 Å². The van der Waals surface area contributed by atoms with Crippen LogP contribution >= 0.6 is 0 Å². The molecular formula is C19H37NO. The lowest BCUT2D eigenvalue weighted by Gasteiger charge is -2.04. The molecule has 0 saturated heterocycles. The van der Waals surface area contributed by atoms with E-state index in [4.69, 9.17) is 0 Å². The Morgan fingerprint density at radius 1 is 0.762 bits per heavy atom. The molecular weight excluding hydrogens is 258 g/mol. The van der Waals surface area contributed by atoms with E-state index in [2.05, 4.69) is 18.8 Å². The number of hydrogen-bond acceptors (Lipinski definition) is 1. The summed E-state index contributed by atoms with van der Waals surface area (Å²) in [5, 5.41) is 2.82. The first-order valence-electron chi connectivity index (χ1n) is 9.21. The van der Waals surface area contributed by atoms with Crippen molar-refractivity contribution in [3.05, 3.63) is 12.7 Å². The molecule has 0 bridgehead atoms. The van der Waals surface area contributed by atoms with Gasteiger partial charge in [0.25, 0.3) is 0 Å². The molecule has 0 radical (unpaired) electrons. The van der Waals surface area contributed by atoms with Crippen LogP contribution in [0.1, 0.15) is 96.8 Å².